The Kier molecular flexibility index (Phi) is 4.89. The molecule has 0 aliphatic carbocycles. The minimum atomic E-state index is -0.404. The molecule has 2 aromatic carbocycles. The predicted molar refractivity (Wildman–Crippen MR) is 93.8 cm³/mol. The Hall–Kier alpha value is -3.41. The van der Waals surface area contributed by atoms with Crippen LogP contribution in [-0.4, -0.2) is 23.8 Å². The van der Waals surface area contributed by atoms with Crippen molar-refractivity contribution in [3.63, 3.8) is 0 Å². The molecule has 0 spiro atoms. The molecule has 0 atom stereocenters. The van der Waals surface area contributed by atoms with Gasteiger partial charge in [-0.1, -0.05) is 0 Å². The van der Waals surface area contributed by atoms with Crippen LogP contribution in [0.2, 0.25) is 0 Å². The number of aromatic nitrogens is 1. The van der Waals surface area contributed by atoms with Crippen LogP contribution < -0.4 is 10.2 Å². The van der Waals surface area contributed by atoms with Gasteiger partial charge in [-0.05, 0) is 60.7 Å². The predicted octanol–water partition coefficient (Wildman–Crippen LogP) is 3.39. The van der Waals surface area contributed by atoms with E-state index >= 15 is 0 Å². The van der Waals surface area contributed by atoms with E-state index in [1.807, 2.05) is 47.2 Å². The molecule has 0 fully saturated rings. The van der Waals surface area contributed by atoms with E-state index in [4.69, 9.17) is 4.74 Å². The first-order chi connectivity index (χ1) is 12.2. The number of nitrogens with zero attached hydrogens (tertiary/aromatic N) is 2. The molecule has 0 unspecified atom stereocenters. The standard InChI is InChI=1S/C19H16FN3O2/c1-25-18-10-8-16(9-11-18)23-12-2-3-17(23)13-21-22-19(24)14-4-6-15(20)7-5-14/h2-13H,1H3,(H,22,24)/b21-13-. The molecule has 1 heterocycles. The van der Waals surface area contributed by atoms with E-state index in [1.165, 1.54) is 24.3 Å². The first-order valence-corrected chi connectivity index (χ1v) is 7.58. The summed E-state index contributed by atoms with van der Waals surface area (Å²) in [5.74, 6) is -0.0196. The van der Waals surface area contributed by atoms with Crippen molar-refractivity contribution < 1.29 is 13.9 Å². The number of benzene rings is 2. The van der Waals surface area contributed by atoms with Crippen LogP contribution in [-0.2, 0) is 0 Å². The molecule has 1 N–H and O–H groups in total. The van der Waals surface area contributed by atoms with Crippen LogP contribution in [0.3, 0.4) is 0 Å². The zero-order valence-corrected chi connectivity index (χ0v) is 13.5. The van der Waals surface area contributed by atoms with E-state index in [1.54, 1.807) is 13.3 Å². The summed E-state index contributed by atoms with van der Waals surface area (Å²) in [7, 11) is 1.62. The highest BCUT2D eigenvalue weighted by Gasteiger charge is 2.05. The molecule has 0 bridgehead atoms. The van der Waals surface area contributed by atoms with E-state index in [0.29, 0.717) is 5.56 Å². The number of methoxy groups -OCH3 is 1. The molecular weight excluding hydrogens is 321 g/mol. The second-order valence-electron chi connectivity index (χ2n) is 5.21. The largest absolute Gasteiger partial charge is 0.497 e. The van der Waals surface area contributed by atoms with Crippen molar-refractivity contribution in [3.8, 4) is 11.4 Å². The van der Waals surface area contributed by atoms with Crippen LogP contribution in [0.1, 0.15) is 16.1 Å². The second-order valence-corrected chi connectivity index (χ2v) is 5.21. The number of carbonyl (C=O) groups is 1. The highest BCUT2D eigenvalue weighted by molar-refractivity contribution is 5.94. The molecule has 1 amide bonds. The number of amides is 1. The smallest absolute Gasteiger partial charge is 0.271 e. The Balaban J connectivity index is 1.71. The molecule has 6 heteroatoms. The number of halogens is 1. The van der Waals surface area contributed by atoms with Gasteiger partial charge in [-0.2, -0.15) is 5.10 Å². The Morgan fingerprint density at radius 2 is 1.84 bits per heavy atom. The fourth-order valence-electron chi connectivity index (χ4n) is 2.30. The number of rotatable bonds is 5. The molecule has 0 aliphatic heterocycles. The third kappa shape index (κ3) is 3.92. The van der Waals surface area contributed by atoms with E-state index in [2.05, 4.69) is 10.5 Å². The normalized spacial score (nSPS) is 10.8. The molecule has 5 nitrogen and oxygen atoms in total. The van der Waals surface area contributed by atoms with Gasteiger partial charge in [0.1, 0.15) is 11.6 Å². The summed E-state index contributed by atoms with van der Waals surface area (Å²) in [5, 5.41) is 3.97. The van der Waals surface area contributed by atoms with Crippen LogP contribution in [0.4, 0.5) is 4.39 Å². The minimum absolute atomic E-state index is 0.337. The summed E-state index contributed by atoms with van der Waals surface area (Å²) in [4.78, 5) is 11.9. The zero-order chi connectivity index (χ0) is 17.6. The monoisotopic (exact) mass is 337 g/mol. The molecular formula is C19H16FN3O2. The Morgan fingerprint density at radius 3 is 2.52 bits per heavy atom. The number of hydrogen-bond acceptors (Lipinski definition) is 3. The van der Waals surface area contributed by atoms with E-state index in [-0.39, 0.29) is 0 Å². The van der Waals surface area contributed by atoms with E-state index in [0.717, 1.165) is 17.1 Å². The lowest BCUT2D eigenvalue weighted by molar-refractivity contribution is 0.0955. The molecule has 0 saturated carbocycles. The quantitative estimate of drug-likeness (QED) is 0.573. The zero-order valence-electron chi connectivity index (χ0n) is 13.5. The van der Waals surface area contributed by atoms with Crippen LogP contribution in [0.25, 0.3) is 5.69 Å². The van der Waals surface area contributed by atoms with Crippen molar-refractivity contribution in [3.05, 3.63) is 83.9 Å². The molecule has 0 radical (unpaired) electrons. The number of nitrogens with one attached hydrogen (secondary N) is 1. The van der Waals surface area contributed by atoms with Gasteiger partial charge in [-0.3, -0.25) is 4.79 Å². The molecule has 1 aromatic heterocycles. The second kappa shape index (κ2) is 7.44. The van der Waals surface area contributed by atoms with E-state index in [9.17, 15) is 9.18 Å². The van der Waals surface area contributed by atoms with Crippen molar-refractivity contribution in [2.45, 2.75) is 0 Å². The summed E-state index contributed by atoms with van der Waals surface area (Å²) < 4.78 is 19.9. The molecule has 126 valence electrons. The summed E-state index contributed by atoms with van der Waals surface area (Å²) in [6, 6.07) is 16.6. The average Bonchev–Trinajstić information content (AvgIpc) is 3.11. The Labute approximate surface area is 144 Å². The summed E-state index contributed by atoms with van der Waals surface area (Å²) in [6.45, 7) is 0. The Bertz CT molecular complexity index is 884. The number of hydrogen-bond donors (Lipinski definition) is 1. The lowest BCUT2D eigenvalue weighted by Gasteiger charge is -2.07. The van der Waals surface area contributed by atoms with Gasteiger partial charge in [0.2, 0.25) is 0 Å². The molecule has 3 aromatic rings. The van der Waals surface area contributed by atoms with Crippen molar-refractivity contribution in [1.29, 1.82) is 0 Å². The van der Waals surface area contributed by atoms with Crippen LogP contribution in [0.5, 0.6) is 5.75 Å². The van der Waals surface area contributed by atoms with Gasteiger partial charge in [-0.25, -0.2) is 9.82 Å². The van der Waals surface area contributed by atoms with Gasteiger partial charge in [0.15, 0.2) is 0 Å². The fourth-order valence-corrected chi connectivity index (χ4v) is 2.30. The summed E-state index contributed by atoms with van der Waals surface area (Å²) >= 11 is 0. The lowest BCUT2D eigenvalue weighted by Crippen LogP contribution is -2.17. The van der Waals surface area contributed by atoms with Gasteiger partial charge in [0.05, 0.1) is 19.0 Å². The summed E-state index contributed by atoms with van der Waals surface area (Å²) in [5.41, 5.74) is 4.50. The third-order valence-corrected chi connectivity index (χ3v) is 3.60. The van der Waals surface area contributed by atoms with Crippen LogP contribution in [0.15, 0.2) is 72.0 Å². The Morgan fingerprint density at radius 1 is 1.12 bits per heavy atom. The lowest BCUT2D eigenvalue weighted by atomic mass is 10.2. The number of carbonyl (C=O) groups excluding carboxylic acids is 1. The van der Waals surface area contributed by atoms with Gasteiger partial charge in [-0.15, -0.1) is 0 Å². The fraction of sp³-hybridized carbons (Fsp3) is 0.0526. The van der Waals surface area contributed by atoms with E-state index < -0.39 is 11.7 Å². The van der Waals surface area contributed by atoms with Crippen molar-refractivity contribution in [2.75, 3.05) is 7.11 Å². The topological polar surface area (TPSA) is 55.6 Å². The molecule has 25 heavy (non-hydrogen) atoms. The minimum Gasteiger partial charge on any atom is -0.497 e. The maximum absolute atomic E-state index is 12.9. The summed E-state index contributed by atoms with van der Waals surface area (Å²) in [6.07, 6.45) is 3.44. The van der Waals surface area contributed by atoms with Gasteiger partial charge in [0, 0.05) is 17.4 Å². The number of ether oxygens (including phenoxy) is 1. The third-order valence-electron chi connectivity index (χ3n) is 3.60. The highest BCUT2D eigenvalue weighted by Crippen LogP contribution is 2.16. The highest BCUT2D eigenvalue weighted by atomic mass is 19.1. The first-order valence-electron chi connectivity index (χ1n) is 7.58. The maximum Gasteiger partial charge on any atom is 0.271 e. The molecule has 3 rings (SSSR count). The molecule has 0 saturated heterocycles. The SMILES string of the molecule is COc1ccc(-n2cccc2/C=N\NC(=O)c2ccc(F)cc2)cc1. The average molecular weight is 337 g/mol. The van der Waals surface area contributed by atoms with Crippen molar-refractivity contribution in [2.24, 2.45) is 5.10 Å². The van der Waals surface area contributed by atoms with Gasteiger partial charge in [0.25, 0.3) is 5.91 Å². The van der Waals surface area contributed by atoms with Crippen LogP contribution >= 0.6 is 0 Å². The van der Waals surface area contributed by atoms with Crippen LogP contribution in [0, 0.1) is 5.82 Å². The van der Waals surface area contributed by atoms with Gasteiger partial charge < -0.3 is 9.30 Å². The maximum atomic E-state index is 12.9. The van der Waals surface area contributed by atoms with Crippen molar-refractivity contribution in [1.82, 2.24) is 9.99 Å². The number of hydrazone groups is 1. The van der Waals surface area contributed by atoms with Crippen molar-refractivity contribution >= 4 is 12.1 Å². The first kappa shape index (κ1) is 16.4. The molecule has 0 aliphatic rings. The van der Waals surface area contributed by atoms with Gasteiger partial charge >= 0.3 is 0 Å².